The van der Waals surface area contributed by atoms with Gasteiger partial charge in [-0.05, 0) is 56.3 Å². The fourth-order valence-corrected chi connectivity index (χ4v) is 3.03. The first kappa shape index (κ1) is 15.7. The molecule has 2 N–H and O–H groups in total. The van der Waals surface area contributed by atoms with Gasteiger partial charge in [0.25, 0.3) is 0 Å². The van der Waals surface area contributed by atoms with E-state index in [4.69, 9.17) is 11.6 Å². The number of aliphatic hydroxyl groups is 1. The topological polar surface area (TPSA) is 32.3 Å². The summed E-state index contributed by atoms with van der Waals surface area (Å²) in [5, 5.41) is 14.3. The molecule has 2 rings (SSSR count). The Labute approximate surface area is 125 Å². The number of hydrogen-bond acceptors (Lipinski definition) is 2. The second kappa shape index (κ2) is 6.88. The molecule has 20 heavy (non-hydrogen) atoms. The highest BCUT2D eigenvalue weighted by molar-refractivity contribution is 6.30. The van der Waals surface area contributed by atoms with Gasteiger partial charge in [-0.15, -0.1) is 0 Å². The second-order valence-corrected chi connectivity index (χ2v) is 6.29. The molecule has 0 saturated heterocycles. The van der Waals surface area contributed by atoms with E-state index in [0.29, 0.717) is 12.5 Å². The third kappa shape index (κ3) is 4.18. The van der Waals surface area contributed by atoms with Crippen LogP contribution in [0.15, 0.2) is 18.2 Å². The van der Waals surface area contributed by atoms with E-state index in [1.807, 2.05) is 0 Å². The van der Waals surface area contributed by atoms with Crippen molar-refractivity contribution in [2.24, 2.45) is 0 Å². The molecule has 1 aromatic rings. The molecule has 1 aromatic carbocycles. The van der Waals surface area contributed by atoms with Crippen LogP contribution in [0.4, 0.5) is 4.39 Å². The van der Waals surface area contributed by atoms with Gasteiger partial charge < -0.3 is 10.4 Å². The average Bonchev–Trinajstić information content (AvgIpc) is 2.42. The van der Waals surface area contributed by atoms with Gasteiger partial charge in [0.05, 0.1) is 10.6 Å². The van der Waals surface area contributed by atoms with Crippen LogP contribution < -0.4 is 5.32 Å². The van der Waals surface area contributed by atoms with E-state index in [2.05, 4.69) is 12.2 Å². The van der Waals surface area contributed by atoms with Crippen molar-refractivity contribution in [1.29, 1.82) is 0 Å². The summed E-state index contributed by atoms with van der Waals surface area (Å²) in [5.74, 6) is -0.411. The van der Waals surface area contributed by atoms with E-state index < -0.39 is 11.4 Å². The van der Waals surface area contributed by atoms with Crippen LogP contribution >= 0.6 is 11.6 Å². The molecule has 0 bridgehead atoms. The number of benzene rings is 1. The zero-order valence-corrected chi connectivity index (χ0v) is 12.7. The van der Waals surface area contributed by atoms with Crippen LogP contribution in [0.25, 0.3) is 0 Å². The summed E-state index contributed by atoms with van der Waals surface area (Å²) in [4.78, 5) is 0. The van der Waals surface area contributed by atoms with Crippen molar-refractivity contribution in [2.75, 3.05) is 6.54 Å². The predicted molar refractivity (Wildman–Crippen MR) is 80.6 cm³/mol. The largest absolute Gasteiger partial charge is 0.390 e. The molecule has 0 aromatic heterocycles. The molecule has 0 spiro atoms. The van der Waals surface area contributed by atoms with Crippen molar-refractivity contribution in [2.45, 2.75) is 57.1 Å². The van der Waals surface area contributed by atoms with Crippen LogP contribution in [-0.4, -0.2) is 23.3 Å². The third-order valence-electron chi connectivity index (χ3n) is 4.12. The Morgan fingerprint density at radius 1 is 1.40 bits per heavy atom. The monoisotopic (exact) mass is 299 g/mol. The number of nitrogens with one attached hydrogen (secondary N) is 1. The Hall–Kier alpha value is -0.640. The van der Waals surface area contributed by atoms with Crippen LogP contribution in [-0.2, 0) is 6.42 Å². The molecular formula is C16H23ClFNO. The summed E-state index contributed by atoms with van der Waals surface area (Å²) in [6.07, 6.45) is 5.11. The van der Waals surface area contributed by atoms with Gasteiger partial charge in [-0.25, -0.2) is 4.39 Å². The first-order chi connectivity index (χ1) is 9.52. The molecule has 4 heteroatoms. The molecule has 1 aliphatic carbocycles. The molecular weight excluding hydrogens is 277 g/mol. The Morgan fingerprint density at radius 3 is 2.70 bits per heavy atom. The van der Waals surface area contributed by atoms with Gasteiger partial charge in [0.2, 0.25) is 0 Å². The van der Waals surface area contributed by atoms with Crippen molar-refractivity contribution in [3.05, 3.63) is 34.6 Å². The van der Waals surface area contributed by atoms with Gasteiger partial charge in [-0.3, -0.25) is 0 Å². The Kier molecular flexibility index (Phi) is 5.42. The van der Waals surface area contributed by atoms with Crippen LogP contribution in [0, 0.1) is 5.82 Å². The highest BCUT2D eigenvalue weighted by atomic mass is 35.5. The van der Waals surface area contributed by atoms with Gasteiger partial charge in [0, 0.05) is 12.5 Å². The SMILES string of the molecule is CCCNC1CCC(O)(Cc2ccc(Cl)c(F)c2)CC1. The van der Waals surface area contributed by atoms with E-state index in [1.165, 1.54) is 6.07 Å². The normalized spacial score (nSPS) is 26.7. The quantitative estimate of drug-likeness (QED) is 0.869. The predicted octanol–water partition coefficient (Wildman–Crippen LogP) is 3.69. The molecule has 0 atom stereocenters. The molecule has 1 aliphatic rings. The average molecular weight is 300 g/mol. The molecule has 2 nitrogen and oxygen atoms in total. The maximum Gasteiger partial charge on any atom is 0.142 e. The smallest absolute Gasteiger partial charge is 0.142 e. The van der Waals surface area contributed by atoms with E-state index in [9.17, 15) is 9.50 Å². The lowest BCUT2D eigenvalue weighted by Crippen LogP contribution is -2.42. The lowest BCUT2D eigenvalue weighted by atomic mass is 9.78. The molecule has 0 aliphatic heterocycles. The molecule has 0 unspecified atom stereocenters. The van der Waals surface area contributed by atoms with Crippen molar-refractivity contribution in [3.8, 4) is 0 Å². The van der Waals surface area contributed by atoms with Crippen LogP contribution in [0.3, 0.4) is 0 Å². The minimum Gasteiger partial charge on any atom is -0.390 e. The summed E-state index contributed by atoms with van der Waals surface area (Å²) in [5.41, 5.74) is 0.111. The van der Waals surface area contributed by atoms with E-state index in [1.54, 1.807) is 12.1 Å². The van der Waals surface area contributed by atoms with Crippen molar-refractivity contribution in [1.82, 2.24) is 5.32 Å². The fraction of sp³-hybridized carbons (Fsp3) is 0.625. The Balaban J connectivity index is 1.91. The first-order valence-corrected chi connectivity index (χ1v) is 7.80. The minimum absolute atomic E-state index is 0.133. The molecule has 112 valence electrons. The van der Waals surface area contributed by atoms with Gasteiger partial charge in [-0.2, -0.15) is 0 Å². The molecule has 0 heterocycles. The molecule has 1 fully saturated rings. The van der Waals surface area contributed by atoms with Crippen LogP contribution in [0.5, 0.6) is 0 Å². The summed E-state index contributed by atoms with van der Waals surface area (Å²) in [6.45, 7) is 3.19. The van der Waals surface area contributed by atoms with Gasteiger partial charge in [-0.1, -0.05) is 24.6 Å². The lowest BCUT2D eigenvalue weighted by Gasteiger charge is -2.36. The highest BCUT2D eigenvalue weighted by Crippen LogP contribution is 2.32. The Bertz CT molecular complexity index is 444. The maximum atomic E-state index is 13.4. The Morgan fingerprint density at radius 2 is 2.10 bits per heavy atom. The standard InChI is InChI=1S/C16H23ClFNO/c1-2-9-19-13-5-7-16(20,8-6-13)11-12-3-4-14(17)15(18)10-12/h3-4,10,13,19-20H,2,5-9,11H2,1H3. The van der Waals surface area contributed by atoms with Crippen LogP contribution in [0.1, 0.15) is 44.6 Å². The van der Waals surface area contributed by atoms with Crippen LogP contribution in [0.2, 0.25) is 5.02 Å². The van der Waals surface area contributed by atoms with Gasteiger partial charge in [0.1, 0.15) is 5.82 Å². The van der Waals surface area contributed by atoms with Gasteiger partial charge in [0.15, 0.2) is 0 Å². The summed E-state index contributed by atoms with van der Waals surface area (Å²) >= 11 is 5.68. The van der Waals surface area contributed by atoms with Crippen molar-refractivity contribution in [3.63, 3.8) is 0 Å². The summed E-state index contributed by atoms with van der Waals surface area (Å²) in [7, 11) is 0. The van der Waals surface area contributed by atoms with Gasteiger partial charge >= 0.3 is 0 Å². The fourth-order valence-electron chi connectivity index (χ4n) is 2.91. The minimum atomic E-state index is -0.704. The molecule has 0 radical (unpaired) electrons. The maximum absolute atomic E-state index is 13.4. The molecule has 0 amide bonds. The number of hydrogen-bond donors (Lipinski definition) is 2. The zero-order chi connectivity index (χ0) is 14.6. The summed E-state index contributed by atoms with van der Waals surface area (Å²) in [6, 6.07) is 5.30. The van der Waals surface area contributed by atoms with Crippen molar-refractivity contribution < 1.29 is 9.50 Å². The number of halogens is 2. The van der Waals surface area contributed by atoms with E-state index in [0.717, 1.165) is 44.2 Å². The zero-order valence-electron chi connectivity index (χ0n) is 12.0. The van der Waals surface area contributed by atoms with E-state index in [-0.39, 0.29) is 5.02 Å². The highest BCUT2D eigenvalue weighted by Gasteiger charge is 2.33. The summed E-state index contributed by atoms with van der Waals surface area (Å²) < 4.78 is 13.4. The van der Waals surface area contributed by atoms with Crippen molar-refractivity contribution >= 4 is 11.6 Å². The molecule has 1 saturated carbocycles. The third-order valence-corrected chi connectivity index (χ3v) is 4.42. The lowest BCUT2D eigenvalue weighted by molar-refractivity contribution is -0.00310. The number of rotatable bonds is 5. The van der Waals surface area contributed by atoms with E-state index >= 15 is 0 Å². The second-order valence-electron chi connectivity index (χ2n) is 5.88. The first-order valence-electron chi connectivity index (χ1n) is 7.42.